The van der Waals surface area contributed by atoms with Gasteiger partial charge in [-0.1, -0.05) is 61.5 Å². The number of aliphatic hydroxyl groups excluding tert-OH is 1. The van der Waals surface area contributed by atoms with Gasteiger partial charge in [0.05, 0.1) is 6.10 Å². The predicted octanol–water partition coefficient (Wildman–Crippen LogP) is 3.94. The van der Waals surface area contributed by atoms with Crippen LogP contribution in [0.25, 0.3) is 0 Å². The summed E-state index contributed by atoms with van der Waals surface area (Å²) in [5.41, 5.74) is 3.54. The molecular formula is C19H25NO. The third-order valence-corrected chi connectivity index (χ3v) is 3.96. The van der Waals surface area contributed by atoms with Crippen molar-refractivity contribution in [2.24, 2.45) is 0 Å². The Balaban J connectivity index is 1.90. The van der Waals surface area contributed by atoms with Crippen LogP contribution in [0.2, 0.25) is 0 Å². The van der Waals surface area contributed by atoms with Crippen LogP contribution < -0.4 is 0 Å². The van der Waals surface area contributed by atoms with Crippen LogP contribution >= 0.6 is 0 Å². The van der Waals surface area contributed by atoms with Gasteiger partial charge in [0.2, 0.25) is 0 Å². The molecule has 1 unspecified atom stereocenters. The summed E-state index contributed by atoms with van der Waals surface area (Å²) < 4.78 is 0. The number of aryl methyl sites for hydroxylation is 1. The number of aliphatic hydroxyl groups is 1. The number of nitrogens with zero attached hydrogens (tertiary/aromatic N) is 1. The molecule has 0 aliphatic rings. The van der Waals surface area contributed by atoms with Crippen molar-refractivity contribution in [3.05, 3.63) is 71.3 Å². The van der Waals surface area contributed by atoms with Crippen LogP contribution in [0, 0.1) is 6.92 Å². The highest BCUT2D eigenvalue weighted by Gasteiger charge is 2.12. The van der Waals surface area contributed by atoms with Gasteiger partial charge in [0.15, 0.2) is 0 Å². The van der Waals surface area contributed by atoms with E-state index in [1.807, 2.05) is 24.3 Å². The van der Waals surface area contributed by atoms with E-state index >= 15 is 0 Å². The first kappa shape index (κ1) is 15.7. The van der Waals surface area contributed by atoms with Gasteiger partial charge in [0, 0.05) is 13.1 Å². The molecule has 2 nitrogen and oxygen atoms in total. The minimum absolute atomic E-state index is 0.379. The lowest BCUT2D eigenvalue weighted by atomic mass is 10.0. The molecule has 0 aliphatic carbocycles. The minimum Gasteiger partial charge on any atom is -0.388 e. The molecule has 112 valence electrons. The van der Waals surface area contributed by atoms with Gasteiger partial charge < -0.3 is 5.11 Å². The third-order valence-electron chi connectivity index (χ3n) is 3.96. The van der Waals surface area contributed by atoms with E-state index in [2.05, 4.69) is 49.1 Å². The Bertz CT molecular complexity index is 538. The lowest BCUT2D eigenvalue weighted by Gasteiger charge is -2.22. The normalized spacial score (nSPS) is 12.6. The predicted molar refractivity (Wildman–Crippen MR) is 88.1 cm³/mol. The molecule has 2 rings (SSSR count). The molecule has 21 heavy (non-hydrogen) atoms. The fourth-order valence-corrected chi connectivity index (χ4v) is 2.61. The van der Waals surface area contributed by atoms with Gasteiger partial charge in [-0.05, 0) is 36.6 Å². The van der Waals surface area contributed by atoms with Crippen LogP contribution in [-0.2, 0) is 6.54 Å². The molecule has 0 aromatic heterocycles. The average Bonchev–Trinajstić information content (AvgIpc) is 2.52. The Kier molecular flexibility index (Phi) is 5.97. The first-order valence-electron chi connectivity index (χ1n) is 7.70. The zero-order chi connectivity index (χ0) is 15.1. The van der Waals surface area contributed by atoms with Crippen molar-refractivity contribution in [3.63, 3.8) is 0 Å². The van der Waals surface area contributed by atoms with Crippen LogP contribution in [0.4, 0.5) is 0 Å². The van der Waals surface area contributed by atoms with Crippen LogP contribution in [0.15, 0.2) is 54.6 Å². The van der Waals surface area contributed by atoms with Gasteiger partial charge >= 0.3 is 0 Å². The van der Waals surface area contributed by atoms with E-state index in [-0.39, 0.29) is 6.10 Å². The molecule has 1 N–H and O–H groups in total. The fourth-order valence-electron chi connectivity index (χ4n) is 2.61. The molecule has 0 saturated carbocycles. The maximum Gasteiger partial charge on any atom is 0.0804 e. The van der Waals surface area contributed by atoms with Gasteiger partial charge in [0.1, 0.15) is 0 Å². The molecule has 0 bridgehead atoms. The van der Waals surface area contributed by atoms with E-state index in [0.717, 1.165) is 37.2 Å². The summed E-state index contributed by atoms with van der Waals surface area (Å²) in [6.07, 6.45) is 0.391. The second-order valence-corrected chi connectivity index (χ2v) is 5.52. The summed E-state index contributed by atoms with van der Waals surface area (Å²) in [5, 5.41) is 10.4. The van der Waals surface area contributed by atoms with Crippen LogP contribution in [0.1, 0.15) is 36.1 Å². The summed E-state index contributed by atoms with van der Waals surface area (Å²) in [6.45, 7) is 7.07. The zero-order valence-corrected chi connectivity index (χ0v) is 13.0. The standard InChI is InChI=1S/C19H25NO/c1-3-20(15-17-10-5-4-6-11-17)14-13-19(21)18-12-8-7-9-16(18)2/h4-12,19,21H,3,13-15H2,1-2H3. The summed E-state index contributed by atoms with van der Waals surface area (Å²) in [7, 11) is 0. The highest BCUT2D eigenvalue weighted by molar-refractivity contribution is 5.27. The van der Waals surface area contributed by atoms with E-state index in [4.69, 9.17) is 0 Å². The van der Waals surface area contributed by atoms with Crippen molar-refractivity contribution < 1.29 is 5.11 Å². The van der Waals surface area contributed by atoms with Crippen molar-refractivity contribution >= 4 is 0 Å². The summed E-state index contributed by atoms with van der Waals surface area (Å²) in [4.78, 5) is 2.37. The Hall–Kier alpha value is -1.64. The van der Waals surface area contributed by atoms with Gasteiger partial charge in [-0.25, -0.2) is 0 Å². The number of hydrogen-bond donors (Lipinski definition) is 1. The highest BCUT2D eigenvalue weighted by Crippen LogP contribution is 2.20. The third kappa shape index (κ3) is 4.69. The Morgan fingerprint density at radius 1 is 1.00 bits per heavy atom. The molecule has 0 aliphatic heterocycles. The highest BCUT2D eigenvalue weighted by atomic mass is 16.3. The van der Waals surface area contributed by atoms with Gasteiger partial charge in [-0.2, -0.15) is 0 Å². The van der Waals surface area contributed by atoms with E-state index in [1.165, 1.54) is 5.56 Å². The maximum atomic E-state index is 10.4. The Morgan fingerprint density at radius 3 is 2.33 bits per heavy atom. The Morgan fingerprint density at radius 2 is 1.67 bits per heavy atom. The quantitative estimate of drug-likeness (QED) is 0.832. The molecule has 0 spiro atoms. The smallest absolute Gasteiger partial charge is 0.0804 e. The van der Waals surface area contributed by atoms with Gasteiger partial charge in [-0.15, -0.1) is 0 Å². The van der Waals surface area contributed by atoms with Crippen molar-refractivity contribution in [1.29, 1.82) is 0 Å². The van der Waals surface area contributed by atoms with Crippen LogP contribution in [-0.4, -0.2) is 23.1 Å². The molecule has 2 heteroatoms. The molecule has 0 radical (unpaired) electrons. The Labute approximate surface area is 128 Å². The van der Waals surface area contributed by atoms with Gasteiger partial charge in [0.25, 0.3) is 0 Å². The lowest BCUT2D eigenvalue weighted by Crippen LogP contribution is -2.25. The largest absolute Gasteiger partial charge is 0.388 e. The molecule has 1 atom stereocenters. The first-order chi connectivity index (χ1) is 10.2. The summed E-state index contributed by atoms with van der Waals surface area (Å²) in [5.74, 6) is 0. The van der Waals surface area contributed by atoms with E-state index in [0.29, 0.717) is 0 Å². The zero-order valence-electron chi connectivity index (χ0n) is 13.0. The van der Waals surface area contributed by atoms with Crippen molar-refractivity contribution in [3.8, 4) is 0 Å². The fraction of sp³-hybridized carbons (Fsp3) is 0.368. The number of rotatable bonds is 7. The lowest BCUT2D eigenvalue weighted by molar-refractivity contribution is 0.141. The second kappa shape index (κ2) is 7.96. The SMILES string of the molecule is CCN(CCC(O)c1ccccc1C)Cc1ccccc1. The van der Waals surface area contributed by atoms with E-state index in [1.54, 1.807) is 0 Å². The number of benzene rings is 2. The van der Waals surface area contributed by atoms with Crippen molar-refractivity contribution in [2.45, 2.75) is 32.9 Å². The molecule has 0 heterocycles. The van der Waals surface area contributed by atoms with Crippen LogP contribution in [0.5, 0.6) is 0 Å². The van der Waals surface area contributed by atoms with E-state index < -0.39 is 0 Å². The monoisotopic (exact) mass is 283 g/mol. The molecular weight excluding hydrogens is 258 g/mol. The molecule has 0 fully saturated rings. The van der Waals surface area contributed by atoms with Crippen molar-refractivity contribution in [2.75, 3.05) is 13.1 Å². The molecule has 0 amide bonds. The molecule has 0 saturated heterocycles. The van der Waals surface area contributed by atoms with E-state index in [9.17, 15) is 5.11 Å². The summed E-state index contributed by atoms with van der Waals surface area (Å²) in [6, 6.07) is 18.6. The maximum absolute atomic E-state index is 10.4. The topological polar surface area (TPSA) is 23.5 Å². The van der Waals surface area contributed by atoms with Crippen LogP contribution in [0.3, 0.4) is 0 Å². The minimum atomic E-state index is -0.379. The van der Waals surface area contributed by atoms with Crippen molar-refractivity contribution in [1.82, 2.24) is 4.90 Å². The first-order valence-corrected chi connectivity index (χ1v) is 7.70. The molecule has 2 aromatic carbocycles. The van der Waals surface area contributed by atoms with Gasteiger partial charge in [-0.3, -0.25) is 4.90 Å². The number of hydrogen-bond acceptors (Lipinski definition) is 2. The second-order valence-electron chi connectivity index (χ2n) is 5.52. The molecule has 2 aromatic rings. The summed E-state index contributed by atoms with van der Waals surface area (Å²) >= 11 is 0. The average molecular weight is 283 g/mol.